The van der Waals surface area contributed by atoms with E-state index in [0.717, 1.165) is 17.1 Å². The average molecular weight is 400 g/mol. The summed E-state index contributed by atoms with van der Waals surface area (Å²) in [5, 5.41) is 2.20. The Morgan fingerprint density at radius 2 is 1.75 bits per heavy atom. The van der Waals surface area contributed by atoms with E-state index in [1.807, 2.05) is 0 Å². The molecular weight excluding hydrogens is 388 g/mol. The zero-order valence-corrected chi connectivity index (χ0v) is 14.0. The fourth-order valence-corrected chi connectivity index (χ4v) is 2.07. The van der Waals surface area contributed by atoms with Gasteiger partial charge in [0.05, 0.1) is 18.4 Å². The minimum Gasteiger partial charge on any atom is -0.465 e. The van der Waals surface area contributed by atoms with Crippen LogP contribution in [0.1, 0.15) is 15.9 Å². The highest BCUT2D eigenvalue weighted by atomic mass is 79.9. The number of halogens is 3. The van der Waals surface area contributed by atoms with Crippen LogP contribution in [0.15, 0.2) is 40.9 Å². The number of nitrogens with one attached hydrogen (secondary N) is 1. The van der Waals surface area contributed by atoms with Crippen LogP contribution in [-0.2, 0) is 16.1 Å². The average Bonchev–Trinajstić information content (AvgIpc) is 2.56. The van der Waals surface area contributed by atoms with E-state index in [1.165, 1.54) is 0 Å². The summed E-state index contributed by atoms with van der Waals surface area (Å²) in [6, 6.07) is 8.38. The third-order valence-corrected chi connectivity index (χ3v) is 3.51. The number of benzene rings is 2. The van der Waals surface area contributed by atoms with Crippen LogP contribution >= 0.6 is 15.9 Å². The van der Waals surface area contributed by atoms with Crippen LogP contribution in [0.3, 0.4) is 0 Å². The lowest BCUT2D eigenvalue weighted by molar-refractivity contribution is 0.0601. The monoisotopic (exact) mass is 399 g/mol. The molecule has 2 aromatic carbocycles. The first-order valence-electron chi connectivity index (χ1n) is 6.66. The third-order valence-electron chi connectivity index (χ3n) is 2.99. The van der Waals surface area contributed by atoms with Crippen LogP contribution < -0.4 is 5.32 Å². The van der Waals surface area contributed by atoms with Gasteiger partial charge < -0.3 is 9.47 Å². The second-order valence-corrected chi connectivity index (χ2v) is 5.55. The number of ether oxygens (including phenoxy) is 2. The summed E-state index contributed by atoms with van der Waals surface area (Å²) in [6.07, 6.45) is -0.922. The molecule has 2 rings (SSSR count). The number of hydrogen-bond donors (Lipinski definition) is 1. The van der Waals surface area contributed by atoms with E-state index in [2.05, 4.69) is 26.0 Å². The molecule has 0 atom stereocenters. The summed E-state index contributed by atoms with van der Waals surface area (Å²) >= 11 is 3.28. The molecule has 0 aromatic heterocycles. The van der Waals surface area contributed by atoms with Crippen LogP contribution in [0.2, 0.25) is 0 Å². The van der Waals surface area contributed by atoms with Gasteiger partial charge in [-0.3, -0.25) is 5.32 Å². The van der Waals surface area contributed by atoms with E-state index in [-0.39, 0.29) is 17.9 Å². The van der Waals surface area contributed by atoms with Crippen molar-refractivity contribution >= 4 is 33.7 Å². The van der Waals surface area contributed by atoms with Crippen molar-refractivity contribution in [2.24, 2.45) is 0 Å². The van der Waals surface area contributed by atoms with Crippen molar-refractivity contribution in [2.75, 3.05) is 12.4 Å². The number of amides is 1. The fraction of sp³-hybridized carbons (Fsp3) is 0.125. The maximum absolute atomic E-state index is 13.3. The SMILES string of the molecule is COC(=O)c1cc(F)c(F)cc1NC(=O)OCc1ccc(Br)cc1. The van der Waals surface area contributed by atoms with Crippen LogP contribution in [0.4, 0.5) is 19.3 Å². The normalized spacial score (nSPS) is 10.2. The van der Waals surface area contributed by atoms with Gasteiger partial charge in [-0.2, -0.15) is 0 Å². The lowest BCUT2D eigenvalue weighted by Gasteiger charge is -2.11. The van der Waals surface area contributed by atoms with Crippen molar-refractivity contribution in [1.29, 1.82) is 0 Å². The summed E-state index contributed by atoms with van der Waals surface area (Å²) in [7, 11) is 1.08. The zero-order valence-electron chi connectivity index (χ0n) is 12.4. The Morgan fingerprint density at radius 1 is 1.12 bits per heavy atom. The number of methoxy groups -OCH3 is 1. The number of hydrogen-bond acceptors (Lipinski definition) is 4. The van der Waals surface area contributed by atoms with Gasteiger partial charge in [0.15, 0.2) is 11.6 Å². The summed E-state index contributed by atoms with van der Waals surface area (Å²) < 4.78 is 36.9. The molecule has 0 aliphatic rings. The highest BCUT2D eigenvalue weighted by Gasteiger charge is 2.18. The highest BCUT2D eigenvalue weighted by molar-refractivity contribution is 9.10. The summed E-state index contributed by atoms with van der Waals surface area (Å²) in [4.78, 5) is 23.4. The summed E-state index contributed by atoms with van der Waals surface area (Å²) in [5.74, 6) is -3.37. The van der Waals surface area contributed by atoms with Crippen molar-refractivity contribution < 1.29 is 27.8 Å². The van der Waals surface area contributed by atoms with E-state index in [4.69, 9.17) is 4.74 Å². The van der Waals surface area contributed by atoms with E-state index in [0.29, 0.717) is 12.1 Å². The Kier molecular flexibility index (Phi) is 5.86. The van der Waals surface area contributed by atoms with Gasteiger partial charge in [-0.15, -0.1) is 0 Å². The molecule has 0 saturated carbocycles. The second kappa shape index (κ2) is 7.87. The fourth-order valence-electron chi connectivity index (χ4n) is 1.80. The molecule has 1 amide bonds. The first kappa shape index (κ1) is 17.9. The van der Waals surface area contributed by atoms with Gasteiger partial charge in [0.25, 0.3) is 0 Å². The molecule has 8 heteroatoms. The first-order chi connectivity index (χ1) is 11.4. The van der Waals surface area contributed by atoms with Crippen molar-refractivity contribution in [3.8, 4) is 0 Å². The lowest BCUT2D eigenvalue weighted by Crippen LogP contribution is -2.17. The molecule has 0 saturated heterocycles. The molecule has 0 bridgehead atoms. The Bertz CT molecular complexity index is 765. The van der Waals surface area contributed by atoms with Gasteiger partial charge >= 0.3 is 12.1 Å². The quantitative estimate of drug-likeness (QED) is 0.779. The topological polar surface area (TPSA) is 64.6 Å². The Morgan fingerprint density at radius 3 is 2.38 bits per heavy atom. The predicted molar refractivity (Wildman–Crippen MR) is 85.6 cm³/mol. The van der Waals surface area contributed by atoms with E-state index in [9.17, 15) is 18.4 Å². The molecule has 24 heavy (non-hydrogen) atoms. The standard InChI is InChI=1S/C16H12BrF2NO4/c1-23-15(21)11-6-12(18)13(19)7-14(11)20-16(22)24-8-9-2-4-10(17)5-3-9/h2-7H,8H2,1H3,(H,20,22). The van der Waals surface area contributed by atoms with E-state index >= 15 is 0 Å². The molecule has 0 heterocycles. The lowest BCUT2D eigenvalue weighted by atomic mass is 10.1. The minimum absolute atomic E-state index is 0.0314. The van der Waals surface area contributed by atoms with Gasteiger partial charge in [-0.1, -0.05) is 28.1 Å². The van der Waals surface area contributed by atoms with Gasteiger partial charge in [-0.25, -0.2) is 18.4 Å². The molecular formula is C16H12BrF2NO4. The largest absolute Gasteiger partial charge is 0.465 e. The minimum atomic E-state index is -1.23. The summed E-state index contributed by atoms with van der Waals surface area (Å²) in [5.41, 5.74) is 0.158. The van der Waals surface area contributed by atoms with E-state index < -0.39 is 23.7 Å². The number of carbonyl (C=O) groups is 2. The molecule has 0 aliphatic heterocycles. The van der Waals surface area contributed by atoms with E-state index in [1.54, 1.807) is 24.3 Å². The molecule has 0 aliphatic carbocycles. The zero-order chi connectivity index (χ0) is 17.7. The maximum Gasteiger partial charge on any atom is 0.411 e. The first-order valence-corrected chi connectivity index (χ1v) is 7.45. The molecule has 126 valence electrons. The second-order valence-electron chi connectivity index (χ2n) is 4.63. The van der Waals surface area contributed by atoms with Crippen molar-refractivity contribution in [2.45, 2.75) is 6.61 Å². The van der Waals surface area contributed by atoms with Crippen molar-refractivity contribution in [1.82, 2.24) is 0 Å². The van der Waals surface area contributed by atoms with Gasteiger partial charge in [0.1, 0.15) is 6.61 Å². The van der Waals surface area contributed by atoms with Crippen molar-refractivity contribution in [3.63, 3.8) is 0 Å². The van der Waals surface area contributed by atoms with Gasteiger partial charge in [-0.05, 0) is 23.8 Å². The van der Waals surface area contributed by atoms with Crippen LogP contribution in [0.5, 0.6) is 0 Å². The number of esters is 1. The molecule has 2 aromatic rings. The number of carbonyl (C=O) groups excluding carboxylic acids is 2. The Labute approximate surface area is 144 Å². The van der Waals surface area contributed by atoms with Crippen LogP contribution in [-0.4, -0.2) is 19.2 Å². The van der Waals surface area contributed by atoms with Gasteiger partial charge in [0.2, 0.25) is 0 Å². The Hall–Kier alpha value is -2.48. The van der Waals surface area contributed by atoms with Gasteiger partial charge in [0, 0.05) is 10.5 Å². The maximum atomic E-state index is 13.3. The molecule has 0 unspecified atom stereocenters. The molecule has 0 radical (unpaired) electrons. The number of rotatable bonds is 4. The molecule has 0 fully saturated rings. The Balaban J connectivity index is 2.09. The predicted octanol–water partition coefficient (Wildman–Crippen LogP) is 4.26. The van der Waals surface area contributed by atoms with Crippen molar-refractivity contribution in [3.05, 3.63) is 63.6 Å². The highest BCUT2D eigenvalue weighted by Crippen LogP contribution is 2.21. The molecule has 1 N–H and O–H groups in total. The smallest absolute Gasteiger partial charge is 0.411 e. The molecule has 0 spiro atoms. The summed E-state index contributed by atoms with van der Waals surface area (Å²) in [6.45, 7) is -0.0314. The van der Waals surface area contributed by atoms with Crippen LogP contribution in [0.25, 0.3) is 0 Å². The third kappa shape index (κ3) is 4.51. The van der Waals surface area contributed by atoms with Crippen LogP contribution in [0, 0.1) is 11.6 Å². The molecule has 5 nitrogen and oxygen atoms in total. The number of anilines is 1.